The van der Waals surface area contributed by atoms with Crippen LogP contribution in [0.5, 0.6) is 0 Å². The lowest BCUT2D eigenvalue weighted by molar-refractivity contribution is 0.0832. The van der Waals surface area contributed by atoms with Crippen molar-refractivity contribution in [2.75, 3.05) is 19.8 Å². The first-order chi connectivity index (χ1) is 14.2. The van der Waals surface area contributed by atoms with Gasteiger partial charge >= 0.3 is 0 Å². The van der Waals surface area contributed by atoms with E-state index >= 15 is 0 Å². The van der Waals surface area contributed by atoms with Crippen molar-refractivity contribution in [3.05, 3.63) is 59.7 Å². The summed E-state index contributed by atoms with van der Waals surface area (Å²) in [6.07, 6.45) is 1.51. The van der Waals surface area contributed by atoms with Crippen LogP contribution in [0.4, 0.5) is 0 Å². The summed E-state index contributed by atoms with van der Waals surface area (Å²) in [5, 5.41) is 8.70. The van der Waals surface area contributed by atoms with Gasteiger partial charge in [0.05, 0.1) is 30.7 Å². The third-order valence-corrected chi connectivity index (χ3v) is 4.87. The highest BCUT2D eigenvalue weighted by Crippen LogP contribution is 2.21. The Morgan fingerprint density at radius 3 is 2.83 bits per heavy atom. The molecule has 0 radical (unpaired) electrons. The maximum atomic E-state index is 12.4. The molecule has 0 aliphatic rings. The smallest absolute Gasteiger partial charge is 0.203 e. The minimum Gasteiger partial charge on any atom is -0.440 e. The number of Topliss-reactive ketones (excluding diaryl/α,β-unsaturated/α-hetero) is 1. The Hall–Kier alpha value is -3.03. The molecule has 4 aromatic rings. The van der Waals surface area contributed by atoms with Crippen molar-refractivity contribution < 1.29 is 19.1 Å². The van der Waals surface area contributed by atoms with Crippen LogP contribution in [0.15, 0.2) is 46.9 Å². The van der Waals surface area contributed by atoms with Crippen LogP contribution < -0.4 is 0 Å². The van der Waals surface area contributed by atoms with Crippen LogP contribution in [0.25, 0.3) is 22.1 Å². The van der Waals surface area contributed by atoms with E-state index in [2.05, 4.69) is 4.98 Å². The monoisotopic (exact) mass is 393 g/mol. The van der Waals surface area contributed by atoms with Gasteiger partial charge in [-0.3, -0.25) is 4.79 Å². The van der Waals surface area contributed by atoms with E-state index in [-0.39, 0.29) is 12.4 Å². The molecule has 0 bridgehead atoms. The van der Waals surface area contributed by atoms with Crippen LogP contribution in [0.1, 0.15) is 34.9 Å². The molecule has 4 rings (SSSR count). The van der Waals surface area contributed by atoms with Crippen molar-refractivity contribution in [1.82, 2.24) is 14.5 Å². The first-order valence-corrected chi connectivity index (χ1v) is 9.67. The van der Waals surface area contributed by atoms with Gasteiger partial charge in [0.2, 0.25) is 5.89 Å². The largest absolute Gasteiger partial charge is 0.440 e. The highest BCUT2D eigenvalue weighted by atomic mass is 16.5. The van der Waals surface area contributed by atoms with E-state index in [1.807, 2.05) is 54.1 Å². The van der Waals surface area contributed by atoms with E-state index in [4.69, 9.17) is 19.2 Å². The summed E-state index contributed by atoms with van der Waals surface area (Å²) in [4.78, 5) is 21.7. The van der Waals surface area contributed by atoms with Crippen molar-refractivity contribution in [2.24, 2.45) is 7.05 Å². The first-order valence-electron chi connectivity index (χ1n) is 9.67. The molecule has 0 spiro atoms. The van der Waals surface area contributed by atoms with Crippen molar-refractivity contribution in [2.45, 2.75) is 19.3 Å². The number of imidazole rings is 1. The van der Waals surface area contributed by atoms with Gasteiger partial charge in [0.1, 0.15) is 11.3 Å². The number of carbonyl (C=O) groups excluding carboxylic acids is 1. The van der Waals surface area contributed by atoms with Gasteiger partial charge in [-0.15, -0.1) is 0 Å². The van der Waals surface area contributed by atoms with Gasteiger partial charge in [-0.1, -0.05) is 12.1 Å². The predicted octanol–water partition coefficient (Wildman–Crippen LogP) is 3.28. The van der Waals surface area contributed by atoms with E-state index in [0.717, 1.165) is 28.0 Å². The number of rotatable bonds is 9. The van der Waals surface area contributed by atoms with Crippen LogP contribution in [-0.4, -0.2) is 45.2 Å². The predicted molar refractivity (Wildman–Crippen MR) is 109 cm³/mol. The molecule has 0 saturated heterocycles. The van der Waals surface area contributed by atoms with Crippen LogP contribution >= 0.6 is 0 Å². The van der Waals surface area contributed by atoms with Crippen molar-refractivity contribution in [1.29, 1.82) is 0 Å². The Balaban J connectivity index is 1.50. The fraction of sp³-hybridized carbons (Fsp3) is 0.318. The Kier molecular flexibility index (Phi) is 5.69. The van der Waals surface area contributed by atoms with Crippen LogP contribution in [0.3, 0.4) is 0 Å². The lowest BCUT2D eigenvalue weighted by atomic mass is 10.1. The second-order valence-corrected chi connectivity index (χ2v) is 6.91. The summed E-state index contributed by atoms with van der Waals surface area (Å²) in [7, 11) is 1.95. The second kappa shape index (κ2) is 8.55. The molecule has 0 amide bonds. The fourth-order valence-corrected chi connectivity index (χ4v) is 3.36. The molecule has 0 atom stereocenters. The molecule has 2 aromatic heterocycles. The van der Waals surface area contributed by atoms with Gasteiger partial charge in [0, 0.05) is 25.6 Å². The zero-order valence-electron chi connectivity index (χ0n) is 16.3. The Morgan fingerprint density at radius 2 is 2.00 bits per heavy atom. The maximum absolute atomic E-state index is 12.4. The standard InChI is InChI=1S/C22H23N3O4/c1-25-18-9-8-15(19(27)6-4-11-28-12-10-26)13-17(18)23-21(25)14-22-24-16-5-2-3-7-20(16)29-22/h2-3,5,7-9,13,26H,4,6,10-12,14H2,1H3. The molecule has 2 aromatic carbocycles. The Labute approximate surface area is 167 Å². The lowest BCUT2D eigenvalue weighted by Gasteiger charge is -2.03. The molecule has 0 saturated carbocycles. The number of oxazole rings is 1. The molecule has 7 heteroatoms. The van der Waals surface area contributed by atoms with Gasteiger partial charge in [-0.25, -0.2) is 9.97 Å². The van der Waals surface area contributed by atoms with Crippen molar-refractivity contribution in [3.8, 4) is 0 Å². The number of hydrogen-bond acceptors (Lipinski definition) is 6. The third-order valence-electron chi connectivity index (χ3n) is 4.87. The quantitative estimate of drug-likeness (QED) is 0.347. The number of carbonyl (C=O) groups is 1. The zero-order valence-corrected chi connectivity index (χ0v) is 16.3. The topological polar surface area (TPSA) is 90.4 Å². The third kappa shape index (κ3) is 4.21. The number of para-hydroxylation sites is 2. The number of aromatic nitrogens is 3. The maximum Gasteiger partial charge on any atom is 0.203 e. The number of ether oxygens (including phenoxy) is 1. The highest BCUT2D eigenvalue weighted by molar-refractivity contribution is 5.99. The summed E-state index contributed by atoms with van der Waals surface area (Å²) in [6.45, 7) is 0.764. The Morgan fingerprint density at radius 1 is 1.14 bits per heavy atom. The molecular weight excluding hydrogens is 370 g/mol. The van der Waals surface area contributed by atoms with E-state index in [1.54, 1.807) is 0 Å². The summed E-state index contributed by atoms with van der Waals surface area (Å²) in [5.74, 6) is 1.50. The normalized spacial score (nSPS) is 11.5. The number of aryl methyl sites for hydroxylation is 1. The van der Waals surface area contributed by atoms with E-state index in [0.29, 0.717) is 43.9 Å². The molecule has 0 aliphatic heterocycles. The lowest BCUT2D eigenvalue weighted by Crippen LogP contribution is -2.04. The number of aliphatic hydroxyl groups excluding tert-OH is 1. The molecule has 29 heavy (non-hydrogen) atoms. The minimum absolute atomic E-state index is 0.00379. The van der Waals surface area contributed by atoms with Crippen LogP contribution in [0, 0.1) is 0 Å². The molecule has 0 aliphatic carbocycles. The molecule has 7 nitrogen and oxygen atoms in total. The van der Waals surface area contributed by atoms with E-state index < -0.39 is 0 Å². The number of aliphatic hydroxyl groups is 1. The average molecular weight is 393 g/mol. The van der Waals surface area contributed by atoms with E-state index in [1.165, 1.54) is 0 Å². The highest BCUT2D eigenvalue weighted by Gasteiger charge is 2.14. The Bertz CT molecular complexity index is 1110. The summed E-state index contributed by atoms with van der Waals surface area (Å²) in [6, 6.07) is 13.3. The molecule has 0 unspecified atom stereocenters. The summed E-state index contributed by atoms with van der Waals surface area (Å²) < 4.78 is 13.0. The van der Waals surface area contributed by atoms with Gasteiger partial charge in [0.15, 0.2) is 11.4 Å². The zero-order chi connectivity index (χ0) is 20.2. The first kappa shape index (κ1) is 19.3. The van der Waals surface area contributed by atoms with Gasteiger partial charge in [-0.05, 0) is 36.8 Å². The molecular formula is C22H23N3O4. The minimum atomic E-state index is -0.00379. The molecule has 0 fully saturated rings. The molecule has 2 heterocycles. The van der Waals surface area contributed by atoms with Gasteiger partial charge in [0.25, 0.3) is 0 Å². The van der Waals surface area contributed by atoms with Crippen molar-refractivity contribution in [3.63, 3.8) is 0 Å². The van der Waals surface area contributed by atoms with Gasteiger partial charge < -0.3 is 18.8 Å². The van der Waals surface area contributed by atoms with E-state index in [9.17, 15) is 4.79 Å². The molecule has 150 valence electrons. The number of nitrogens with zero attached hydrogens (tertiary/aromatic N) is 3. The molecule has 1 N–H and O–H groups in total. The van der Waals surface area contributed by atoms with Gasteiger partial charge in [-0.2, -0.15) is 0 Å². The average Bonchev–Trinajstić information content (AvgIpc) is 3.28. The number of ketones is 1. The number of benzene rings is 2. The fourth-order valence-electron chi connectivity index (χ4n) is 3.36. The number of fused-ring (bicyclic) bond motifs is 2. The van der Waals surface area contributed by atoms with Crippen molar-refractivity contribution >= 4 is 27.9 Å². The second-order valence-electron chi connectivity index (χ2n) is 6.91. The van der Waals surface area contributed by atoms with Crippen LogP contribution in [0.2, 0.25) is 0 Å². The SMILES string of the molecule is Cn1c(Cc2nc3ccccc3o2)nc2cc(C(=O)CCCOCCO)ccc21. The van der Waals surface area contributed by atoms with Crippen LogP contribution in [-0.2, 0) is 18.2 Å². The summed E-state index contributed by atoms with van der Waals surface area (Å²) >= 11 is 0. The number of hydrogen-bond donors (Lipinski definition) is 1. The summed E-state index contributed by atoms with van der Waals surface area (Å²) in [5.41, 5.74) is 3.97.